The number of hydrogen-bond acceptors (Lipinski definition) is 6. The molecule has 3 aromatic heterocycles. The molecule has 30 heavy (non-hydrogen) atoms. The van der Waals surface area contributed by atoms with E-state index in [2.05, 4.69) is 19.9 Å². The van der Waals surface area contributed by atoms with Crippen molar-refractivity contribution >= 4 is 5.82 Å². The summed E-state index contributed by atoms with van der Waals surface area (Å²) in [5.41, 5.74) is -0.715. The third-order valence-corrected chi connectivity index (χ3v) is 5.33. The van der Waals surface area contributed by atoms with E-state index >= 15 is 0 Å². The number of halogens is 3. The van der Waals surface area contributed by atoms with E-state index in [0.29, 0.717) is 31.8 Å². The summed E-state index contributed by atoms with van der Waals surface area (Å²) >= 11 is 0. The van der Waals surface area contributed by atoms with E-state index in [-0.39, 0.29) is 23.3 Å². The number of pyridine rings is 1. The smallest absolute Gasteiger partial charge is 0.385 e. The number of hydrogen-bond donors (Lipinski definition) is 1. The van der Waals surface area contributed by atoms with E-state index in [9.17, 15) is 18.3 Å². The van der Waals surface area contributed by atoms with Gasteiger partial charge in [0.1, 0.15) is 23.4 Å². The van der Waals surface area contributed by atoms with Crippen molar-refractivity contribution < 1.29 is 18.3 Å². The maximum atomic E-state index is 13.4. The second kappa shape index (κ2) is 8.02. The lowest BCUT2D eigenvalue weighted by molar-refractivity contribution is -0.141. The molecule has 3 aromatic rings. The summed E-state index contributed by atoms with van der Waals surface area (Å²) in [6.45, 7) is 0.949. The van der Waals surface area contributed by atoms with Crippen LogP contribution in [0.3, 0.4) is 0 Å². The molecule has 1 aliphatic heterocycles. The highest BCUT2D eigenvalue weighted by molar-refractivity contribution is 5.54. The molecule has 4 heterocycles. The van der Waals surface area contributed by atoms with Crippen LogP contribution in [0.5, 0.6) is 0 Å². The lowest BCUT2D eigenvalue weighted by Crippen LogP contribution is -2.37. The van der Waals surface area contributed by atoms with E-state index in [1.54, 1.807) is 40.1 Å². The molecule has 1 aliphatic rings. The van der Waals surface area contributed by atoms with Crippen molar-refractivity contribution in [2.45, 2.75) is 25.1 Å². The molecule has 1 N–H and O–H groups in total. The topological polar surface area (TPSA) is 80.0 Å². The second-order valence-corrected chi connectivity index (χ2v) is 7.31. The maximum Gasteiger partial charge on any atom is 0.433 e. The standard InChI is InChI=1S/C20H21F3N6O/c1-28-11-8-25-19(28)17(30)13-5-9-29(10-6-13)16-12-15(20(21,22)23)26-18(27-16)14-4-2-3-7-24-14/h2-4,7-8,11-13,17,30H,5-6,9-10H2,1H3. The summed E-state index contributed by atoms with van der Waals surface area (Å²) in [6, 6.07) is 5.91. The van der Waals surface area contributed by atoms with Gasteiger partial charge in [-0.05, 0) is 30.9 Å². The van der Waals surface area contributed by atoms with E-state index in [1.807, 2.05) is 7.05 Å². The molecule has 0 aliphatic carbocycles. The van der Waals surface area contributed by atoms with Gasteiger partial charge in [0, 0.05) is 44.8 Å². The van der Waals surface area contributed by atoms with Crippen LogP contribution in [0.4, 0.5) is 19.0 Å². The zero-order chi connectivity index (χ0) is 21.3. The van der Waals surface area contributed by atoms with Gasteiger partial charge in [0.2, 0.25) is 0 Å². The number of alkyl halides is 3. The van der Waals surface area contributed by atoms with Crippen LogP contribution in [0.25, 0.3) is 11.5 Å². The van der Waals surface area contributed by atoms with Crippen LogP contribution in [0, 0.1) is 5.92 Å². The third kappa shape index (κ3) is 4.13. The number of aryl methyl sites for hydroxylation is 1. The van der Waals surface area contributed by atoms with Crippen molar-refractivity contribution in [1.29, 1.82) is 0 Å². The molecule has 0 amide bonds. The minimum atomic E-state index is -4.59. The lowest BCUT2D eigenvalue weighted by Gasteiger charge is -2.35. The van der Waals surface area contributed by atoms with E-state index in [4.69, 9.17) is 0 Å². The number of aliphatic hydroxyl groups excluding tert-OH is 1. The van der Waals surface area contributed by atoms with E-state index < -0.39 is 18.0 Å². The number of aliphatic hydroxyl groups is 1. The van der Waals surface area contributed by atoms with Gasteiger partial charge in [0.15, 0.2) is 11.5 Å². The summed E-state index contributed by atoms with van der Waals surface area (Å²) in [4.78, 5) is 18.1. The van der Waals surface area contributed by atoms with Gasteiger partial charge in [-0.25, -0.2) is 15.0 Å². The first-order valence-electron chi connectivity index (χ1n) is 9.61. The normalized spacial score (nSPS) is 16.6. The van der Waals surface area contributed by atoms with Crippen molar-refractivity contribution in [3.05, 3.63) is 54.4 Å². The number of nitrogens with zero attached hydrogens (tertiary/aromatic N) is 6. The predicted molar refractivity (Wildman–Crippen MR) is 103 cm³/mol. The number of rotatable bonds is 4. The van der Waals surface area contributed by atoms with Crippen LogP contribution in [0.1, 0.15) is 30.5 Å². The lowest BCUT2D eigenvalue weighted by atomic mass is 9.90. The highest BCUT2D eigenvalue weighted by Gasteiger charge is 2.35. The number of aromatic nitrogens is 5. The Bertz CT molecular complexity index is 999. The SMILES string of the molecule is Cn1ccnc1C(O)C1CCN(c2cc(C(F)(F)F)nc(-c3ccccn3)n2)CC1. The number of anilines is 1. The van der Waals surface area contributed by atoms with Crippen molar-refractivity contribution in [3.63, 3.8) is 0 Å². The summed E-state index contributed by atoms with van der Waals surface area (Å²) in [7, 11) is 1.82. The fourth-order valence-corrected chi connectivity index (χ4v) is 3.67. The Morgan fingerprint density at radius 2 is 1.87 bits per heavy atom. The average molecular weight is 418 g/mol. The fourth-order valence-electron chi connectivity index (χ4n) is 3.67. The summed E-state index contributed by atoms with van der Waals surface area (Å²) in [5, 5.41) is 10.6. The molecule has 0 radical (unpaired) electrons. The Hall–Kier alpha value is -3.01. The molecular weight excluding hydrogens is 397 g/mol. The van der Waals surface area contributed by atoms with Crippen molar-refractivity contribution in [2.24, 2.45) is 13.0 Å². The maximum absolute atomic E-state index is 13.4. The Morgan fingerprint density at radius 3 is 2.47 bits per heavy atom. The molecule has 158 valence electrons. The minimum Gasteiger partial charge on any atom is -0.385 e. The Kier molecular flexibility index (Phi) is 5.42. The van der Waals surface area contributed by atoms with Crippen LogP contribution in [-0.4, -0.2) is 42.7 Å². The Labute approximate surface area is 171 Å². The fraction of sp³-hybridized carbons (Fsp3) is 0.400. The van der Waals surface area contributed by atoms with Crippen LogP contribution < -0.4 is 4.90 Å². The molecule has 0 saturated carbocycles. The van der Waals surface area contributed by atoms with Crippen molar-refractivity contribution in [3.8, 4) is 11.5 Å². The molecule has 1 unspecified atom stereocenters. The quantitative estimate of drug-likeness (QED) is 0.701. The van der Waals surface area contributed by atoms with Gasteiger partial charge in [-0.3, -0.25) is 4.98 Å². The summed E-state index contributed by atoms with van der Waals surface area (Å²) < 4.78 is 42.0. The van der Waals surface area contributed by atoms with Crippen LogP contribution in [0.15, 0.2) is 42.9 Å². The first-order valence-corrected chi connectivity index (χ1v) is 9.61. The molecule has 0 aromatic carbocycles. The van der Waals surface area contributed by atoms with Gasteiger partial charge in [0.05, 0.1) is 0 Å². The highest BCUT2D eigenvalue weighted by Crippen LogP contribution is 2.34. The van der Waals surface area contributed by atoms with Gasteiger partial charge in [0.25, 0.3) is 0 Å². The van der Waals surface area contributed by atoms with Crippen LogP contribution in [-0.2, 0) is 13.2 Å². The van der Waals surface area contributed by atoms with Crippen molar-refractivity contribution in [2.75, 3.05) is 18.0 Å². The molecular formula is C20H21F3N6O. The second-order valence-electron chi connectivity index (χ2n) is 7.31. The van der Waals surface area contributed by atoms with Crippen LogP contribution in [0.2, 0.25) is 0 Å². The molecule has 0 spiro atoms. The number of piperidine rings is 1. The molecule has 1 atom stereocenters. The van der Waals surface area contributed by atoms with E-state index in [1.165, 1.54) is 6.20 Å². The average Bonchev–Trinajstić information content (AvgIpc) is 3.19. The largest absolute Gasteiger partial charge is 0.433 e. The van der Waals surface area contributed by atoms with Gasteiger partial charge in [-0.15, -0.1) is 0 Å². The Balaban J connectivity index is 1.56. The molecule has 0 bridgehead atoms. The van der Waals surface area contributed by atoms with Crippen molar-refractivity contribution in [1.82, 2.24) is 24.5 Å². The highest BCUT2D eigenvalue weighted by atomic mass is 19.4. The van der Waals surface area contributed by atoms with Gasteiger partial charge in [-0.1, -0.05) is 6.07 Å². The third-order valence-electron chi connectivity index (χ3n) is 5.33. The number of imidazole rings is 1. The van der Waals surface area contributed by atoms with Gasteiger partial charge < -0.3 is 14.6 Å². The monoisotopic (exact) mass is 418 g/mol. The molecule has 10 heteroatoms. The zero-order valence-corrected chi connectivity index (χ0v) is 16.3. The predicted octanol–water partition coefficient (Wildman–Crippen LogP) is 3.24. The van der Waals surface area contributed by atoms with Crippen LogP contribution >= 0.6 is 0 Å². The first-order chi connectivity index (χ1) is 14.3. The summed E-state index contributed by atoms with van der Waals surface area (Å²) in [5.74, 6) is 0.715. The molecule has 4 rings (SSSR count). The molecule has 7 nitrogen and oxygen atoms in total. The first kappa shape index (κ1) is 20.3. The summed E-state index contributed by atoms with van der Waals surface area (Å²) in [6.07, 6.45) is 0.805. The Morgan fingerprint density at radius 1 is 1.10 bits per heavy atom. The zero-order valence-electron chi connectivity index (χ0n) is 16.3. The molecule has 1 fully saturated rings. The van der Waals surface area contributed by atoms with Gasteiger partial charge >= 0.3 is 6.18 Å². The van der Waals surface area contributed by atoms with Gasteiger partial charge in [-0.2, -0.15) is 13.2 Å². The minimum absolute atomic E-state index is 0.0264. The van der Waals surface area contributed by atoms with E-state index in [0.717, 1.165) is 6.07 Å². The molecule has 1 saturated heterocycles.